The number of fused-ring (bicyclic) bond motifs is 3. The molecule has 0 aliphatic rings. The van der Waals surface area contributed by atoms with Crippen molar-refractivity contribution in [1.82, 2.24) is 4.57 Å². The lowest BCUT2D eigenvalue weighted by Gasteiger charge is -2.06. The van der Waals surface area contributed by atoms with Gasteiger partial charge in [-0.3, -0.25) is 4.79 Å². The zero-order valence-electron chi connectivity index (χ0n) is 15.4. The summed E-state index contributed by atoms with van der Waals surface area (Å²) in [7, 11) is 0. The molecule has 1 amide bonds. The van der Waals surface area contributed by atoms with Gasteiger partial charge in [-0.25, -0.2) is 0 Å². The molecule has 0 atom stereocenters. The highest BCUT2D eigenvalue weighted by Gasteiger charge is 2.11. The fourth-order valence-electron chi connectivity index (χ4n) is 3.14. The van der Waals surface area contributed by atoms with Crippen molar-refractivity contribution in [3.8, 4) is 0 Å². The standard InChI is InChI=1S/C22H19ClN2O2S/c1-2-27-14-13-25-19-12-9-15-5-3-4-6-18(15)20(19)28-22(25)24-21(26)16-7-10-17(23)11-8-16/h3-12H,2,13-14H2,1H3. The average molecular weight is 411 g/mol. The van der Waals surface area contributed by atoms with Crippen LogP contribution in [0.2, 0.25) is 5.02 Å². The molecule has 0 saturated carbocycles. The number of ether oxygens (including phenoxy) is 1. The summed E-state index contributed by atoms with van der Waals surface area (Å²) in [6.45, 7) is 3.83. The first kappa shape index (κ1) is 18.9. The molecule has 0 radical (unpaired) electrons. The van der Waals surface area contributed by atoms with E-state index in [-0.39, 0.29) is 5.91 Å². The van der Waals surface area contributed by atoms with Gasteiger partial charge >= 0.3 is 0 Å². The molecule has 6 heteroatoms. The van der Waals surface area contributed by atoms with Crippen molar-refractivity contribution in [2.24, 2.45) is 4.99 Å². The molecule has 4 rings (SSSR count). The van der Waals surface area contributed by atoms with Crippen LogP contribution in [0.25, 0.3) is 21.0 Å². The highest BCUT2D eigenvalue weighted by atomic mass is 35.5. The highest BCUT2D eigenvalue weighted by Crippen LogP contribution is 2.27. The van der Waals surface area contributed by atoms with Gasteiger partial charge < -0.3 is 9.30 Å². The van der Waals surface area contributed by atoms with Crippen molar-refractivity contribution < 1.29 is 9.53 Å². The molecule has 0 N–H and O–H groups in total. The maximum absolute atomic E-state index is 12.7. The van der Waals surface area contributed by atoms with Crippen molar-refractivity contribution in [1.29, 1.82) is 0 Å². The predicted octanol–water partition coefficient (Wildman–Crippen LogP) is 5.29. The van der Waals surface area contributed by atoms with Crippen LogP contribution in [0.1, 0.15) is 17.3 Å². The van der Waals surface area contributed by atoms with Crippen LogP contribution >= 0.6 is 22.9 Å². The summed E-state index contributed by atoms with van der Waals surface area (Å²) >= 11 is 7.46. The molecule has 0 fully saturated rings. The predicted molar refractivity (Wildman–Crippen MR) is 115 cm³/mol. The second-order valence-electron chi connectivity index (χ2n) is 6.29. The Morgan fingerprint density at radius 1 is 1.11 bits per heavy atom. The van der Waals surface area contributed by atoms with Crippen molar-refractivity contribution in [2.45, 2.75) is 13.5 Å². The van der Waals surface area contributed by atoms with Crippen molar-refractivity contribution in [3.05, 3.63) is 76.1 Å². The van der Waals surface area contributed by atoms with Gasteiger partial charge in [-0.15, -0.1) is 0 Å². The lowest BCUT2D eigenvalue weighted by atomic mass is 10.1. The molecule has 4 nitrogen and oxygen atoms in total. The van der Waals surface area contributed by atoms with Crippen LogP contribution in [0.4, 0.5) is 0 Å². The summed E-state index contributed by atoms with van der Waals surface area (Å²) < 4.78 is 8.73. The molecule has 0 spiro atoms. The van der Waals surface area contributed by atoms with Crippen LogP contribution in [0.15, 0.2) is 65.7 Å². The Kier molecular flexibility index (Phi) is 5.57. The van der Waals surface area contributed by atoms with Crippen LogP contribution in [-0.2, 0) is 11.3 Å². The van der Waals surface area contributed by atoms with E-state index in [1.807, 2.05) is 19.1 Å². The number of rotatable bonds is 5. The zero-order valence-corrected chi connectivity index (χ0v) is 17.0. The van der Waals surface area contributed by atoms with Gasteiger partial charge in [0, 0.05) is 29.1 Å². The van der Waals surface area contributed by atoms with E-state index in [9.17, 15) is 4.79 Å². The van der Waals surface area contributed by atoms with E-state index in [0.29, 0.717) is 35.1 Å². The number of benzene rings is 3. The van der Waals surface area contributed by atoms with Gasteiger partial charge in [-0.1, -0.05) is 53.3 Å². The third-order valence-corrected chi connectivity index (χ3v) is 5.90. The van der Waals surface area contributed by atoms with E-state index < -0.39 is 0 Å². The minimum absolute atomic E-state index is 0.280. The summed E-state index contributed by atoms with van der Waals surface area (Å²) in [5.41, 5.74) is 1.58. The Balaban J connectivity index is 1.87. The number of carbonyl (C=O) groups is 1. The van der Waals surface area contributed by atoms with Crippen LogP contribution in [0.3, 0.4) is 0 Å². The lowest BCUT2D eigenvalue weighted by Crippen LogP contribution is -2.19. The van der Waals surface area contributed by atoms with Gasteiger partial charge in [0.1, 0.15) is 0 Å². The van der Waals surface area contributed by atoms with Crippen LogP contribution in [0, 0.1) is 0 Å². The van der Waals surface area contributed by atoms with Crippen molar-refractivity contribution >= 4 is 49.8 Å². The SMILES string of the molecule is CCOCCn1c(=NC(=O)c2ccc(Cl)cc2)sc2c3ccccc3ccc21. The Morgan fingerprint density at radius 2 is 1.89 bits per heavy atom. The van der Waals surface area contributed by atoms with E-state index in [0.717, 1.165) is 15.6 Å². The Bertz CT molecular complexity index is 1210. The third-order valence-electron chi connectivity index (χ3n) is 4.53. The fraction of sp³-hybridized carbons (Fsp3) is 0.182. The zero-order chi connectivity index (χ0) is 19.5. The second kappa shape index (κ2) is 8.27. The molecule has 0 aliphatic heterocycles. The molecule has 3 aromatic carbocycles. The molecule has 1 aromatic heterocycles. The Labute approximate surface area is 171 Å². The third kappa shape index (κ3) is 3.74. The van der Waals surface area contributed by atoms with Crippen LogP contribution < -0.4 is 4.80 Å². The van der Waals surface area contributed by atoms with E-state index >= 15 is 0 Å². The molecule has 142 valence electrons. The molecule has 0 unspecified atom stereocenters. The fourth-order valence-corrected chi connectivity index (χ4v) is 4.46. The van der Waals surface area contributed by atoms with E-state index in [4.69, 9.17) is 16.3 Å². The second-order valence-corrected chi connectivity index (χ2v) is 7.71. The molecule has 4 aromatic rings. The Hall–Kier alpha value is -2.47. The van der Waals surface area contributed by atoms with Gasteiger partial charge in [-0.05, 0) is 42.6 Å². The quantitative estimate of drug-likeness (QED) is 0.420. The summed E-state index contributed by atoms with van der Waals surface area (Å²) in [5.74, 6) is -0.280. The number of amides is 1. The molecular formula is C22H19ClN2O2S. The minimum Gasteiger partial charge on any atom is -0.380 e. The molecule has 0 bridgehead atoms. The summed E-state index contributed by atoms with van der Waals surface area (Å²) in [5, 5.41) is 2.93. The first-order valence-electron chi connectivity index (χ1n) is 9.11. The number of halogens is 1. The molecule has 0 saturated heterocycles. The maximum atomic E-state index is 12.7. The van der Waals surface area contributed by atoms with Gasteiger partial charge in [0.2, 0.25) is 0 Å². The molecule has 1 heterocycles. The van der Waals surface area contributed by atoms with Crippen LogP contribution in [-0.4, -0.2) is 23.7 Å². The van der Waals surface area contributed by atoms with Crippen molar-refractivity contribution in [2.75, 3.05) is 13.2 Å². The highest BCUT2D eigenvalue weighted by molar-refractivity contribution is 7.17. The first-order chi connectivity index (χ1) is 13.7. The van der Waals surface area contributed by atoms with E-state index in [1.165, 1.54) is 16.7 Å². The maximum Gasteiger partial charge on any atom is 0.279 e. The first-order valence-corrected chi connectivity index (χ1v) is 10.3. The van der Waals surface area contributed by atoms with E-state index in [1.54, 1.807) is 24.3 Å². The normalized spacial score (nSPS) is 12.1. The lowest BCUT2D eigenvalue weighted by molar-refractivity contribution is 0.0996. The van der Waals surface area contributed by atoms with E-state index in [2.05, 4.69) is 33.8 Å². The van der Waals surface area contributed by atoms with Gasteiger partial charge in [0.15, 0.2) is 4.80 Å². The summed E-state index contributed by atoms with van der Waals surface area (Å²) in [6, 6.07) is 19.2. The van der Waals surface area contributed by atoms with Gasteiger partial charge in [-0.2, -0.15) is 4.99 Å². The number of thiazole rings is 1. The minimum atomic E-state index is -0.280. The van der Waals surface area contributed by atoms with Gasteiger partial charge in [0.05, 0.1) is 16.8 Å². The average Bonchev–Trinajstić information content (AvgIpc) is 3.06. The molecular weight excluding hydrogens is 392 g/mol. The van der Waals surface area contributed by atoms with Crippen LogP contribution in [0.5, 0.6) is 0 Å². The summed E-state index contributed by atoms with van der Waals surface area (Å²) in [4.78, 5) is 17.8. The number of hydrogen-bond acceptors (Lipinski definition) is 3. The molecule has 28 heavy (non-hydrogen) atoms. The number of carbonyl (C=O) groups excluding carboxylic acids is 1. The number of nitrogens with zero attached hydrogens (tertiary/aromatic N) is 2. The summed E-state index contributed by atoms with van der Waals surface area (Å²) in [6.07, 6.45) is 0. The smallest absolute Gasteiger partial charge is 0.279 e. The van der Waals surface area contributed by atoms with Gasteiger partial charge in [0.25, 0.3) is 5.91 Å². The number of hydrogen-bond donors (Lipinski definition) is 0. The monoisotopic (exact) mass is 410 g/mol. The largest absolute Gasteiger partial charge is 0.380 e. The van der Waals surface area contributed by atoms with Crippen molar-refractivity contribution in [3.63, 3.8) is 0 Å². The topological polar surface area (TPSA) is 43.6 Å². The molecule has 0 aliphatic carbocycles. The Morgan fingerprint density at radius 3 is 2.68 bits per heavy atom. The number of aromatic nitrogens is 1.